The highest BCUT2D eigenvalue weighted by atomic mass is 35.5. The molecule has 6 nitrogen and oxygen atoms in total. The van der Waals surface area contributed by atoms with Crippen molar-refractivity contribution < 1.29 is 13.2 Å². The van der Waals surface area contributed by atoms with Crippen molar-refractivity contribution in [3.63, 3.8) is 0 Å². The summed E-state index contributed by atoms with van der Waals surface area (Å²) in [5, 5.41) is 3.44. The predicted molar refractivity (Wildman–Crippen MR) is 116 cm³/mol. The minimum absolute atomic E-state index is 0.0949. The quantitative estimate of drug-likeness (QED) is 0.725. The lowest BCUT2D eigenvalue weighted by molar-refractivity contribution is -0.126. The van der Waals surface area contributed by atoms with Gasteiger partial charge in [-0.15, -0.1) is 0 Å². The van der Waals surface area contributed by atoms with E-state index in [1.54, 1.807) is 12.1 Å². The number of amides is 1. The molecule has 2 aromatic rings. The molecule has 0 aromatic heterocycles. The van der Waals surface area contributed by atoms with Gasteiger partial charge < -0.3 is 10.2 Å². The van der Waals surface area contributed by atoms with Crippen LogP contribution in [-0.4, -0.2) is 51.9 Å². The summed E-state index contributed by atoms with van der Waals surface area (Å²) in [6, 6.07) is 16.1. The number of carbonyl (C=O) groups excluding carboxylic acids is 1. The number of para-hydroxylation sites is 1. The summed E-state index contributed by atoms with van der Waals surface area (Å²) < 4.78 is 27.1. The van der Waals surface area contributed by atoms with Crippen LogP contribution in [0, 0.1) is 5.92 Å². The van der Waals surface area contributed by atoms with E-state index in [4.69, 9.17) is 11.6 Å². The fraction of sp³-hybridized carbons (Fsp3) is 0.381. The number of likely N-dealkylation sites (N-methyl/N-ethyl adjacent to an activating group) is 1. The van der Waals surface area contributed by atoms with E-state index in [2.05, 4.69) is 10.2 Å². The Balaban J connectivity index is 1.54. The Morgan fingerprint density at radius 3 is 2.55 bits per heavy atom. The Morgan fingerprint density at radius 1 is 1.17 bits per heavy atom. The Morgan fingerprint density at radius 2 is 1.86 bits per heavy atom. The molecule has 3 rings (SSSR count). The van der Waals surface area contributed by atoms with Crippen LogP contribution in [0.5, 0.6) is 0 Å². The largest absolute Gasteiger partial charge is 0.373 e. The van der Waals surface area contributed by atoms with E-state index in [9.17, 15) is 13.2 Å². The van der Waals surface area contributed by atoms with Gasteiger partial charge in [-0.3, -0.25) is 4.79 Å². The molecule has 8 heteroatoms. The second-order valence-electron chi connectivity index (χ2n) is 7.20. The van der Waals surface area contributed by atoms with Crippen LogP contribution in [0.25, 0.3) is 0 Å². The van der Waals surface area contributed by atoms with Gasteiger partial charge in [0.1, 0.15) is 0 Å². The van der Waals surface area contributed by atoms with Crippen LogP contribution in [0.2, 0.25) is 5.02 Å². The van der Waals surface area contributed by atoms with Crippen LogP contribution in [0.4, 0.5) is 5.69 Å². The number of hydrogen-bond donors (Lipinski definition) is 1. The van der Waals surface area contributed by atoms with Gasteiger partial charge >= 0.3 is 0 Å². The lowest BCUT2D eigenvalue weighted by atomic mass is 9.99. The molecule has 1 amide bonds. The molecule has 2 aromatic carbocycles. The van der Waals surface area contributed by atoms with Gasteiger partial charge in [0.05, 0.1) is 10.8 Å². The summed E-state index contributed by atoms with van der Waals surface area (Å²) in [7, 11) is -1.65. The minimum Gasteiger partial charge on any atom is -0.373 e. The normalized spacial score (nSPS) is 17.7. The van der Waals surface area contributed by atoms with Crippen molar-refractivity contribution in [3.05, 3.63) is 59.6 Å². The van der Waals surface area contributed by atoms with Gasteiger partial charge in [0.25, 0.3) is 0 Å². The van der Waals surface area contributed by atoms with E-state index in [-0.39, 0.29) is 23.3 Å². The van der Waals surface area contributed by atoms with E-state index in [1.165, 1.54) is 16.4 Å². The van der Waals surface area contributed by atoms with Gasteiger partial charge in [-0.1, -0.05) is 29.8 Å². The highest BCUT2D eigenvalue weighted by Crippen LogP contribution is 2.24. The summed E-state index contributed by atoms with van der Waals surface area (Å²) in [6.45, 7) is 1.80. The van der Waals surface area contributed by atoms with E-state index >= 15 is 0 Å². The van der Waals surface area contributed by atoms with Gasteiger partial charge in [-0.05, 0) is 49.2 Å². The Kier molecular flexibility index (Phi) is 7.16. The molecule has 1 saturated heterocycles. The molecule has 0 unspecified atom stereocenters. The first-order chi connectivity index (χ1) is 13.9. The zero-order valence-corrected chi connectivity index (χ0v) is 18.0. The van der Waals surface area contributed by atoms with E-state index in [0.717, 1.165) is 5.69 Å². The first-order valence-corrected chi connectivity index (χ1v) is 11.5. The lowest BCUT2D eigenvalue weighted by Crippen LogP contribution is -2.46. The number of piperidine rings is 1. The topological polar surface area (TPSA) is 69.7 Å². The Bertz CT molecular complexity index is 920. The van der Waals surface area contributed by atoms with Crippen molar-refractivity contribution in [2.75, 3.05) is 38.1 Å². The summed E-state index contributed by atoms with van der Waals surface area (Å²) in [6.07, 6.45) is 1.35. The lowest BCUT2D eigenvalue weighted by Gasteiger charge is -2.31. The molecule has 156 valence electrons. The van der Waals surface area contributed by atoms with Crippen LogP contribution in [0.3, 0.4) is 0 Å². The molecule has 0 aliphatic carbocycles. The number of sulfonamides is 1. The van der Waals surface area contributed by atoms with Crippen LogP contribution in [0.1, 0.15) is 12.8 Å². The van der Waals surface area contributed by atoms with Gasteiger partial charge in [0.2, 0.25) is 15.9 Å². The third-order valence-electron chi connectivity index (χ3n) is 5.15. The van der Waals surface area contributed by atoms with E-state index in [0.29, 0.717) is 37.5 Å². The Hall–Kier alpha value is -2.09. The standard InChI is InChI=1S/C21H26ClN3O3S/c1-24(19-7-3-2-4-8-19)15-13-23-21(26)17-6-5-14-25(16-17)29(27,28)20-11-9-18(22)10-12-20/h2-4,7-12,17H,5-6,13-16H2,1H3,(H,23,26)/t17-/m0/s1. The molecule has 0 bridgehead atoms. The molecular formula is C21H26ClN3O3S. The third-order valence-corrected chi connectivity index (χ3v) is 7.28. The van der Waals surface area contributed by atoms with E-state index in [1.807, 2.05) is 37.4 Å². The molecular weight excluding hydrogens is 410 g/mol. The first-order valence-electron chi connectivity index (χ1n) is 9.67. The summed E-state index contributed by atoms with van der Waals surface area (Å²) in [5.41, 5.74) is 1.08. The smallest absolute Gasteiger partial charge is 0.243 e. The summed E-state index contributed by atoms with van der Waals surface area (Å²) in [5.74, 6) is -0.435. The summed E-state index contributed by atoms with van der Waals surface area (Å²) >= 11 is 5.86. The molecule has 0 saturated carbocycles. The highest BCUT2D eigenvalue weighted by Gasteiger charge is 2.33. The number of hydrogen-bond acceptors (Lipinski definition) is 4. The number of nitrogens with zero attached hydrogens (tertiary/aromatic N) is 2. The molecule has 1 heterocycles. The predicted octanol–water partition coefficient (Wildman–Crippen LogP) is 2.99. The number of benzene rings is 2. The second-order valence-corrected chi connectivity index (χ2v) is 9.58. The van der Waals surface area contributed by atoms with Gasteiger partial charge in [0.15, 0.2) is 0 Å². The maximum absolute atomic E-state index is 12.9. The minimum atomic E-state index is -3.63. The molecule has 1 aliphatic heterocycles. The third kappa shape index (κ3) is 5.50. The van der Waals surface area contributed by atoms with E-state index < -0.39 is 10.0 Å². The molecule has 1 fully saturated rings. The molecule has 0 radical (unpaired) electrons. The number of halogens is 1. The molecule has 1 atom stereocenters. The molecule has 29 heavy (non-hydrogen) atoms. The second kappa shape index (κ2) is 9.61. The van der Waals surface area contributed by atoms with Gasteiger partial charge in [-0.25, -0.2) is 8.42 Å². The van der Waals surface area contributed by atoms with Crippen molar-refractivity contribution in [1.82, 2.24) is 9.62 Å². The van der Waals surface area contributed by atoms with Crippen LogP contribution in [0.15, 0.2) is 59.5 Å². The van der Waals surface area contributed by atoms with Crippen LogP contribution in [-0.2, 0) is 14.8 Å². The van der Waals surface area contributed by atoms with Crippen molar-refractivity contribution in [3.8, 4) is 0 Å². The number of carbonyl (C=O) groups is 1. The van der Waals surface area contributed by atoms with Crippen LogP contribution >= 0.6 is 11.6 Å². The van der Waals surface area contributed by atoms with Crippen molar-refractivity contribution >= 4 is 33.2 Å². The fourth-order valence-electron chi connectivity index (χ4n) is 3.43. The van der Waals surface area contributed by atoms with Crippen molar-refractivity contribution in [1.29, 1.82) is 0 Å². The number of rotatable bonds is 7. The molecule has 1 N–H and O–H groups in total. The average Bonchev–Trinajstić information content (AvgIpc) is 2.74. The molecule has 0 spiro atoms. The maximum Gasteiger partial charge on any atom is 0.243 e. The Labute approximate surface area is 177 Å². The van der Waals surface area contributed by atoms with Gasteiger partial charge in [0, 0.05) is 43.9 Å². The van der Waals surface area contributed by atoms with Crippen molar-refractivity contribution in [2.45, 2.75) is 17.7 Å². The SMILES string of the molecule is CN(CCNC(=O)[C@H]1CCCN(S(=O)(=O)c2ccc(Cl)cc2)C1)c1ccccc1. The summed E-state index contributed by atoms with van der Waals surface area (Å²) in [4.78, 5) is 14.9. The first kappa shape index (κ1) is 21.6. The fourth-order valence-corrected chi connectivity index (χ4v) is 5.08. The maximum atomic E-state index is 12.9. The number of nitrogens with one attached hydrogen (secondary N) is 1. The zero-order chi connectivity index (χ0) is 20.9. The number of anilines is 1. The zero-order valence-electron chi connectivity index (χ0n) is 16.4. The van der Waals surface area contributed by atoms with Crippen LogP contribution < -0.4 is 10.2 Å². The monoisotopic (exact) mass is 435 g/mol. The molecule has 1 aliphatic rings. The van der Waals surface area contributed by atoms with Crippen molar-refractivity contribution in [2.24, 2.45) is 5.92 Å². The highest BCUT2D eigenvalue weighted by molar-refractivity contribution is 7.89. The van der Waals surface area contributed by atoms with Gasteiger partial charge in [-0.2, -0.15) is 4.31 Å². The average molecular weight is 436 g/mol.